The molecule has 0 aromatic carbocycles. The number of alkyl halides is 6. The van der Waals surface area contributed by atoms with Crippen molar-refractivity contribution in [3.8, 4) is 0 Å². The molecule has 4 nitrogen and oxygen atoms in total. The zero-order valence-corrected chi connectivity index (χ0v) is 23.2. The highest BCUT2D eigenvalue weighted by Gasteiger charge is 2.84. The summed E-state index contributed by atoms with van der Waals surface area (Å²) in [7, 11) is 0. The van der Waals surface area contributed by atoms with Crippen molar-refractivity contribution < 1.29 is 35.9 Å². The molecule has 2 amide bonds. The van der Waals surface area contributed by atoms with Crippen molar-refractivity contribution in [2.45, 2.75) is 93.7 Å². The van der Waals surface area contributed by atoms with E-state index in [0.29, 0.717) is 0 Å². The molecule has 2 N–H and O–H groups in total. The van der Waals surface area contributed by atoms with Crippen molar-refractivity contribution in [2.24, 2.45) is 0 Å². The maximum Gasteiger partial charge on any atom is 0.380 e. The summed E-state index contributed by atoms with van der Waals surface area (Å²) in [6.45, 7) is 13.1. The lowest BCUT2D eigenvalue weighted by molar-refractivity contribution is -0.258. The average molecular weight is 567 g/mol. The Morgan fingerprint density at radius 2 is 0.973 bits per heavy atom. The molecule has 37 heavy (non-hydrogen) atoms. The SMILES string of the molecule is CC(C)(C)NC(=O)C1=CC2=C3C(=C4C=C(C(=O)NC(C)(C)C)S[C@@]4(C)[C@]2(C)S1)C(F)(F)C(F)(F)C3(F)F. The van der Waals surface area contributed by atoms with Crippen LogP contribution in [0, 0.1) is 0 Å². The van der Waals surface area contributed by atoms with E-state index in [1.807, 2.05) is 0 Å². The van der Waals surface area contributed by atoms with E-state index < -0.39 is 72.4 Å². The van der Waals surface area contributed by atoms with E-state index >= 15 is 17.6 Å². The standard InChI is InChI=1S/C25H28F6N2O2S2/c1-19(2,3)32-17(34)13-9-11-15-16(24(28,29)25(30,31)23(15,26)27)12-10-14(18(35)33-20(4,5)6)37-22(12,8)21(11,7)36-13/h9-10H,1-8H3,(H,32,34)(H,33,35)/t21-,22-/m1/s1. The fourth-order valence-corrected chi connectivity index (χ4v) is 7.86. The molecule has 2 heterocycles. The fraction of sp³-hybridized carbons (Fsp3) is 0.600. The van der Waals surface area contributed by atoms with Gasteiger partial charge in [-0.15, -0.1) is 23.5 Å². The zero-order valence-electron chi connectivity index (χ0n) is 21.6. The molecule has 1 saturated carbocycles. The molecule has 4 rings (SSSR count). The minimum absolute atomic E-state index is 0.0655. The number of fused-ring (bicyclic) bond motifs is 4. The number of hydrogen-bond acceptors (Lipinski definition) is 4. The molecular weight excluding hydrogens is 538 g/mol. The molecule has 0 radical (unpaired) electrons. The lowest BCUT2D eigenvalue weighted by Crippen LogP contribution is -2.49. The van der Waals surface area contributed by atoms with Crippen LogP contribution in [0.4, 0.5) is 26.3 Å². The molecule has 0 unspecified atom stereocenters. The van der Waals surface area contributed by atoms with E-state index in [1.54, 1.807) is 41.5 Å². The maximum atomic E-state index is 15.3. The van der Waals surface area contributed by atoms with Crippen LogP contribution in [0.15, 0.2) is 44.3 Å². The van der Waals surface area contributed by atoms with Crippen molar-refractivity contribution in [1.82, 2.24) is 10.6 Å². The van der Waals surface area contributed by atoms with Gasteiger partial charge in [0.15, 0.2) is 0 Å². The van der Waals surface area contributed by atoms with E-state index in [4.69, 9.17) is 0 Å². The number of halogens is 6. The minimum atomic E-state index is -5.71. The van der Waals surface area contributed by atoms with Crippen molar-refractivity contribution in [2.75, 3.05) is 0 Å². The highest BCUT2D eigenvalue weighted by Crippen LogP contribution is 2.74. The number of hydrogen-bond donors (Lipinski definition) is 2. The normalized spacial score (nSPS) is 31.4. The van der Waals surface area contributed by atoms with Gasteiger partial charge in [0.2, 0.25) is 0 Å². The van der Waals surface area contributed by atoms with E-state index in [1.165, 1.54) is 13.8 Å². The fourth-order valence-electron chi connectivity index (χ4n) is 4.94. The van der Waals surface area contributed by atoms with Crippen molar-refractivity contribution in [1.29, 1.82) is 0 Å². The van der Waals surface area contributed by atoms with Crippen LogP contribution in [-0.2, 0) is 9.59 Å². The summed E-state index contributed by atoms with van der Waals surface area (Å²) >= 11 is 1.69. The van der Waals surface area contributed by atoms with Crippen LogP contribution < -0.4 is 10.6 Å². The summed E-state index contributed by atoms with van der Waals surface area (Å²) in [4.78, 5) is 25.8. The molecule has 1 fully saturated rings. The number of allylic oxidation sites excluding steroid dienone is 4. The molecule has 2 atom stereocenters. The Morgan fingerprint density at radius 1 is 0.676 bits per heavy atom. The molecule has 12 heteroatoms. The maximum absolute atomic E-state index is 15.3. The molecule has 0 aromatic heterocycles. The smallest absolute Gasteiger partial charge is 0.347 e. The Balaban J connectivity index is 1.99. The number of carbonyl (C=O) groups excluding carboxylic acids is 2. The highest BCUT2D eigenvalue weighted by atomic mass is 32.2. The van der Waals surface area contributed by atoms with Gasteiger partial charge >= 0.3 is 17.8 Å². The number of nitrogens with one attached hydrogen (secondary N) is 2. The summed E-state index contributed by atoms with van der Waals surface area (Å²) in [5, 5.41) is 5.39. The Morgan fingerprint density at radius 3 is 1.24 bits per heavy atom. The molecule has 0 saturated heterocycles. The van der Waals surface area contributed by atoms with Crippen LogP contribution in [-0.4, -0.2) is 50.2 Å². The molecule has 0 aromatic rings. The van der Waals surface area contributed by atoms with Gasteiger partial charge < -0.3 is 10.6 Å². The van der Waals surface area contributed by atoms with Crippen LogP contribution in [0.1, 0.15) is 55.4 Å². The molecule has 204 valence electrons. The van der Waals surface area contributed by atoms with Gasteiger partial charge in [-0.1, -0.05) is 0 Å². The Bertz CT molecular complexity index is 1160. The van der Waals surface area contributed by atoms with Crippen LogP contribution in [0.5, 0.6) is 0 Å². The highest BCUT2D eigenvalue weighted by molar-refractivity contribution is 8.10. The monoisotopic (exact) mass is 566 g/mol. The second-order valence-electron chi connectivity index (χ2n) is 12.0. The number of rotatable bonds is 2. The third-order valence-corrected chi connectivity index (χ3v) is 10.00. The van der Waals surface area contributed by atoms with Crippen LogP contribution in [0.25, 0.3) is 0 Å². The van der Waals surface area contributed by atoms with Gasteiger partial charge in [0.25, 0.3) is 11.8 Å². The van der Waals surface area contributed by atoms with Gasteiger partial charge in [-0.25, -0.2) is 0 Å². The first-order chi connectivity index (χ1) is 16.4. The summed E-state index contributed by atoms with van der Waals surface area (Å²) < 4.78 is 87.4. The molecule has 0 bridgehead atoms. The van der Waals surface area contributed by atoms with Gasteiger partial charge in [-0.2, -0.15) is 26.3 Å². The summed E-state index contributed by atoms with van der Waals surface area (Å²) in [6.07, 6.45) is 2.03. The molecule has 0 spiro atoms. The molecule has 2 aliphatic heterocycles. The first-order valence-electron chi connectivity index (χ1n) is 11.5. The average Bonchev–Trinajstić information content (AvgIpc) is 3.25. The third kappa shape index (κ3) is 3.75. The minimum Gasteiger partial charge on any atom is -0.347 e. The summed E-state index contributed by atoms with van der Waals surface area (Å²) in [5.74, 6) is -17.4. The second-order valence-corrected chi connectivity index (χ2v) is 14.9. The van der Waals surface area contributed by atoms with Crippen molar-refractivity contribution in [3.05, 3.63) is 44.3 Å². The summed E-state index contributed by atoms with van der Waals surface area (Å²) in [5.41, 5.74) is -5.28. The lowest BCUT2D eigenvalue weighted by atomic mass is 9.71. The number of thioether (sulfide) groups is 2. The van der Waals surface area contributed by atoms with Gasteiger partial charge in [0.1, 0.15) is 0 Å². The lowest BCUT2D eigenvalue weighted by Gasteiger charge is -2.47. The van der Waals surface area contributed by atoms with Gasteiger partial charge in [-0.05, 0) is 78.7 Å². The first-order valence-corrected chi connectivity index (χ1v) is 13.1. The van der Waals surface area contributed by atoms with Crippen molar-refractivity contribution in [3.63, 3.8) is 0 Å². The van der Waals surface area contributed by atoms with E-state index in [0.717, 1.165) is 35.7 Å². The van der Waals surface area contributed by atoms with Crippen LogP contribution >= 0.6 is 23.5 Å². The predicted molar refractivity (Wildman–Crippen MR) is 133 cm³/mol. The summed E-state index contributed by atoms with van der Waals surface area (Å²) in [6, 6.07) is 0. The van der Waals surface area contributed by atoms with Crippen LogP contribution in [0.2, 0.25) is 0 Å². The molecule has 4 aliphatic rings. The zero-order chi connectivity index (χ0) is 28.4. The van der Waals surface area contributed by atoms with Crippen LogP contribution in [0.3, 0.4) is 0 Å². The molecular formula is C25H28F6N2O2S2. The second kappa shape index (κ2) is 7.64. The topological polar surface area (TPSA) is 58.2 Å². The number of amides is 2. The van der Waals surface area contributed by atoms with Gasteiger partial charge in [0, 0.05) is 22.2 Å². The first kappa shape index (κ1) is 28.2. The van der Waals surface area contributed by atoms with E-state index in [-0.39, 0.29) is 9.81 Å². The largest absolute Gasteiger partial charge is 0.380 e. The van der Waals surface area contributed by atoms with E-state index in [2.05, 4.69) is 10.6 Å². The van der Waals surface area contributed by atoms with Gasteiger partial charge in [-0.3, -0.25) is 9.59 Å². The number of carbonyl (C=O) groups is 2. The van der Waals surface area contributed by atoms with Gasteiger partial charge in [0.05, 0.1) is 19.3 Å². The quantitative estimate of drug-likeness (QED) is 0.396. The Kier molecular flexibility index (Phi) is 5.82. The Hall–Kier alpha value is -1.82. The van der Waals surface area contributed by atoms with E-state index in [9.17, 15) is 18.4 Å². The molecule has 2 aliphatic carbocycles. The third-order valence-electron chi connectivity index (χ3n) is 6.75. The predicted octanol–water partition coefficient (Wildman–Crippen LogP) is 6.12. The van der Waals surface area contributed by atoms with Crippen molar-refractivity contribution >= 4 is 35.3 Å². The Labute approximate surface area is 219 Å².